The van der Waals surface area contributed by atoms with E-state index in [2.05, 4.69) is 5.16 Å². The molecule has 1 aromatic rings. The van der Waals surface area contributed by atoms with Crippen molar-refractivity contribution in [3.05, 3.63) is 11.8 Å². The fraction of sp³-hybridized carbons (Fsp3) is 0.625. The monoisotopic (exact) mass is 204 g/mol. The van der Waals surface area contributed by atoms with Gasteiger partial charge in [-0.15, -0.1) is 0 Å². The van der Waals surface area contributed by atoms with E-state index in [4.69, 9.17) is 4.52 Å². The minimum atomic E-state index is -3.05. The van der Waals surface area contributed by atoms with Crippen LogP contribution in [-0.2, 0) is 5.41 Å². The van der Waals surface area contributed by atoms with Crippen LogP contribution in [0.4, 0.5) is 0 Å². The zero-order chi connectivity index (χ0) is 10.3. The Kier molecular flexibility index (Phi) is 2.50. The molecule has 1 aromatic heterocycles. The first kappa shape index (κ1) is 10.6. The van der Waals surface area contributed by atoms with E-state index in [1.165, 1.54) is 6.66 Å². The molecule has 0 atom stereocenters. The SMILES string of the molecule is CC(C)(C)c1cc([P+](C)(O)O)on1. The number of nitrogens with zero attached hydrogens (tertiary/aromatic N) is 1. The molecule has 0 amide bonds. The standard InChI is InChI=1S/C8H15NO3P/c1-8(2,3)6-5-7(12-9-6)13(4,10)11/h5,10-11H,1-4H3/q+1. The summed E-state index contributed by atoms with van der Waals surface area (Å²) in [7, 11) is -3.05. The molecule has 0 fully saturated rings. The van der Waals surface area contributed by atoms with Crippen LogP contribution in [0.5, 0.6) is 0 Å². The molecule has 0 aliphatic carbocycles. The van der Waals surface area contributed by atoms with Gasteiger partial charge in [-0.1, -0.05) is 25.9 Å². The minimum absolute atomic E-state index is 0.128. The average molecular weight is 204 g/mol. The van der Waals surface area contributed by atoms with E-state index in [1.54, 1.807) is 6.07 Å². The second-order valence-corrected chi connectivity index (χ2v) is 6.48. The van der Waals surface area contributed by atoms with Crippen molar-refractivity contribution in [3.8, 4) is 0 Å². The summed E-state index contributed by atoms with van der Waals surface area (Å²) in [5.41, 5.74) is 0.783. The van der Waals surface area contributed by atoms with Gasteiger partial charge in [0.1, 0.15) is 6.66 Å². The molecule has 4 nitrogen and oxygen atoms in total. The van der Waals surface area contributed by atoms with Gasteiger partial charge in [0.05, 0.1) is 11.8 Å². The maximum absolute atomic E-state index is 9.30. The van der Waals surface area contributed by atoms with Crippen LogP contribution in [0.1, 0.15) is 26.5 Å². The first-order valence-corrected chi connectivity index (χ1v) is 6.15. The number of rotatable bonds is 1. The van der Waals surface area contributed by atoms with Crippen molar-refractivity contribution < 1.29 is 14.3 Å². The van der Waals surface area contributed by atoms with Gasteiger partial charge in [-0.25, -0.2) is 9.79 Å². The molecule has 74 valence electrons. The van der Waals surface area contributed by atoms with E-state index in [1.807, 2.05) is 20.8 Å². The topological polar surface area (TPSA) is 66.5 Å². The van der Waals surface area contributed by atoms with Crippen molar-refractivity contribution in [2.24, 2.45) is 0 Å². The Balaban J connectivity index is 3.01. The molecule has 0 aliphatic heterocycles. The maximum Gasteiger partial charge on any atom is 0.336 e. The van der Waals surface area contributed by atoms with Crippen molar-refractivity contribution in [1.29, 1.82) is 0 Å². The fourth-order valence-corrected chi connectivity index (χ4v) is 1.38. The van der Waals surface area contributed by atoms with E-state index >= 15 is 0 Å². The molecule has 0 saturated heterocycles. The zero-order valence-electron chi connectivity index (χ0n) is 8.27. The van der Waals surface area contributed by atoms with Crippen LogP contribution in [-0.4, -0.2) is 21.6 Å². The summed E-state index contributed by atoms with van der Waals surface area (Å²) >= 11 is 0. The highest BCUT2D eigenvalue weighted by molar-refractivity contribution is 7.71. The quantitative estimate of drug-likeness (QED) is 0.671. The van der Waals surface area contributed by atoms with Crippen LogP contribution >= 0.6 is 7.72 Å². The van der Waals surface area contributed by atoms with E-state index in [0.29, 0.717) is 0 Å². The molecule has 1 heterocycles. The second-order valence-electron chi connectivity index (χ2n) is 4.21. The van der Waals surface area contributed by atoms with Crippen molar-refractivity contribution >= 4 is 13.2 Å². The van der Waals surface area contributed by atoms with Gasteiger partial charge < -0.3 is 4.52 Å². The molecule has 2 N–H and O–H groups in total. The van der Waals surface area contributed by atoms with Gasteiger partial charge in [0.15, 0.2) is 0 Å². The lowest BCUT2D eigenvalue weighted by Gasteiger charge is -2.12. The Morgan fingerprint density at radius 3 is 2.15 bits per heavy atom. The van der Waals surface area contributed by atoms with E-state index in [0.717, 1.165) is 5.69 Å². The molecule has 13 heavy (non-hydrogen) atoms. The number of aromatic nitrogens is 1. The van der Waals surface area contributed by atoms with E-state index in [-0.39, 0.29) is 10.9 Å². The van der Waals surface area contributed by atoms with Crippen molar-refractivity contribution in [2.75, 3.05) is 6.66 Å². The summed E-state index contributed by atoms with van der Waals surface area (Å²) in [4.78, 5) is 18.6. The van der Waals surface area contributed by atoms with Crippen LogP contribution in [0.2, 0.25) is 0 Å². The summed E-state index contributed by atoms with van der Waals surface area (Å²) in [6, 6.07) is 1.60. The third-order valence-corrected chi connectivity index (χ3v) is 2.73. The average Bonchev–Trinajstić information content (AvgIpc) is 2.28. The molecule has 0 saturated carbocycles. The predicted octanol–water partition coefficient (Wildman–Crippen LogP) is 1.06. The van der Waals surface area contributed by atoms with E-state index in [9.17, 15) is 9.79 Å². The molecular weight excluding hydrogens is 189 g/mol. The highest BCUT2D eigenvalue weighted by atomic mass is 31.2. The van der Waals surface area contributed by atoms with Gasteiger partial charge >= 0.3 is 13.2 Å². The highest BCUT2D eigenvalue weighted by Gasteiger charge is 2.36. The summed E-state index contributed by atoms with van der Waals surface area (Å²) < 4.78 is 4.85. The van der Waals surface area contributed by atoms with Crippen molar-refractivity contribution in [2.45, 2.75) is 26.2 Å². The summed E-state index contributed by atoms with van der Waals surface area (Å²) in [6.45, 7) is 7.30. The van der Waals surface area contributed by atoms with Gasteiger partial charge in [-0.05, 0) is 0 Å². The Morgan fingerprint density at radius 1 is 1.38 bits per heavy atom. The van der Waals surface area contributed by atoms with Crippen LogP contribution in [0.3, 0.4) is 0 Å². The largest absolute Gasteiger partial charge is 0.336 e. The van der Waals surface area contributed by atoms with Gasteiger partial charge in [0.2, 0.25) is 0 Å². The third-order valence-electron chi connectivity index (χ3n) is 1.68. The Labute approximate surface area is 78.1 Å². The Bertz CT molecular complexity index is 267. The molecule has 5 heteroatoms. The number of hydrogen-bond acceptors (Lipinski definition) is 4. The van der Waals surface area contributed by atoms with Crippen molar-refractivity contribution in [1.82, 2.24) is 5.16 Å². The summed E-state index contributed by atoms with van der Waals surface area (Å²) in [6.07, 6.45) is 0. The summed E-state index contributed by atoms with van der Waals surface area (Å²) in [5, 5.41) is 3.79. The van der Waals surface area contributed by atoms with Gasteiger partial charge in [0, 0.05) is 5.41 Å². The first-order valence-electron chi connectivity index (χ1n) is 4.01. The van der Waals surface area contributed by atoms with Crippen LogP contribution in [0.15, 0.2) is 10.6 Å². The smallest absolute Gasteiger partial charge is 0.314 e. The van der Waals surface area contributed by atoms with Gasteiger partial charge in [0.25, 0.3) is 0 Å². The van der Waals surface area contributed by atoms with E-state index < -0.39 is 7.72 Å². The predicted molar refractivity (Wildman–Crippen MR) is 52.1 cm³/mol. The molecule has 0 aromatic carbocycles. The maximum atomic E-state index is 9.30. The lowest BCUT2D eigenvalue weighted by atomic mass is 9.93. The fourth-order valence-electron chi connectivity index (χ4n) is 0.819. The van der Waals surface area contributed by atoms with Crippen LogP contribution in [0.25, 0.3) is 0 Å². The summed E-state index contributed by atoms with van der Waals surface area (Å²) in [5.74, 6) is 0. The number of hydrogen-bond donors (Lipinski definition) is 2. The first-order chi connectivity index (χ1) is 5.71. The molecular formula is C8H15NO3P+. The molecule has 0 unspecified atom stereocenters. The zero-order valence-corrected chi connectivity index (χ0v) is 9.17. The lowest BCUT2D eigenvalue weighted by Crippen LogP contribution is -2.12. The molecule has 0 radical (unpaired) electrons. The van der Waals surface area contributed by atoms with Gasteiger partial charge in [-0.2, -0.15) is 0 Å². The van der Waals surface area contributed by atoms with Gasteiger partial charge in [-0.3, -0.25) is 0 Å². The molecule has 0 spiro atoms. The van der Waals surface area contributed by atoms with Crippen LogP contribution in [0, 0.1) is 0 Å². The molecule has 1 rings (SSSR count). The third kappa shape index (κ3) is 2.50. The minimum Gasteiger partial charge on any atom is -0.314 e. The normalized spacial score (nSPS) is 13.4. The van der Waals surface area contributed by atoms with Crippen LogP contribution < -0.4 is 5.50 Å². The Hall–Kier alpha value is -0.440. The molecule has 0 aliphatic rings. The molecule has 0 bridgehead atoms. The second kappa shape index (κ2) is 3.05. The Morgan fingerprint density at radius 2 is 1.92 bits per heavy atom. The lowest BCUT2D eigenvalue weighted by molar-refractivity contribution is 0.393. The van der Waals surface area contributed by atoms with Crippen molar-refractivity contribution in [3.63, 3.8) is 0 Å². The highest BCUT2D eigenvalue weighted by Crippen LogP contribution is 2.44.